The van der Waals surface area contributed by atoms with Crippen LogP contribution < -0.4 is 9.47 Å². The zero-order valence-electron chi connectivity index (χ0n) is 20.6. The number of amides is 3. The minimum Gasteiger partial charge on any atom is -0.493 e. The number of fused-ring (bicyclic) bond motifs is 1. The van der Waals surface area contributed by atoms with Gasteiger partial charge >= 0.3 is 0 Å². The Balaban J connectivity index is 1.28. The van der Waals surface area contributed by atoms with Crippen molar-refractivity contribution >= 4 is 45.7 Å². The molecule has 3 aromatic rings. The molecule has 0 spiro atoms. The zero-order valence-corrected chi connectivity index (χ0v) is 21.5. The van der Waals surface area contributed by atoms with Gasteiger partial charge in [-0.1, -0.05) is 48.5 Å². The van der Waals surface area contributed by atoms with E-state index in [0.29, 0.717) is 36.8 Å². The van der Waals surface area contributed by atoms with Crippen LogP contribution in [0.4, 0.5) is 4.79 Å². The first kappa shape index (κ1) is 24.9. The van der Waals surface area contributed by atoms with Gasteiger partial charge in [-0.05, 0) is 71.1 Å². The molecule has 5 rings (SSSR count). The van der Waals surface area contributed by atoms with Crippen LogP contribution in [0, 0.1) is 0 Å². The highest BCUT2D eigenvalue weighted by atomic mass is 32.2. The van der Waals surface area contributed by atoms with E-state index in [9.17, 15) is 14.4 Å². The van der Waals surface area contributed by atoms with E-state index in [1.807, 2.05) is 30.3 Å². The summed E-state index contributed by atoms with van der Waals surface area (Å²) in [4.78, 5) is 41.1. The van der Waals surface area contributed by atoms with Gasteiger partial charge in [0.15, 0.2) is 11.5 Å². The van der Waals surface area contributed by atoms with Crippen molar-refractivity contribution in [2.45, 2.75) is 25.9 Å². The summed E-state index contributed by atoms with van der Waals surface area (Å²) in [5.41, 5.74) is 1.76. The quantitative estimate of drug-likeness (QED) is 0.387. The summed E-state index contributed by atoms with van der Waals surface area (Å²) in [7, 11) is 1.56. The molecule has 0 N–H and O–H groups in total. The molecule has 8 heteroatoms. The van der Waals surface area contributed by atoms with E-state index in [-0.39, 0.29) is 17.4 Å². The Bertz CT molecular complexity index is 1370. The Hall–Kier alpha value is -3.78. The Kier molecular flexibility index (Phi) is 7.46. The van der Waals surface area contributed by atoms with Gasteiger partial charge in [0.05, 0.1) is 12.0 Å². The Morgan fingerprint density at radius 1 is 0.973 bits per heavy atom. The molecular weight excluding hydrogens is 488 g/mol. The van der Waals surface area contributed by atoms with Gasteiger partial charge in [-0.2, -0.15) is 0 Å². The number of likely N-dealkylation sites (tertiary alicyclic amines) is 1. The van der Waals surface area contributed by atoms with Gasteiger partial charge in [0, 0.05) is 13.1 Å². The minimum atomic E-state index is -0.449. The van der Waals surface area contributed by atoms with Crippen LogP contribution >= 0.6 is 11.8 Å². The lowest BCUT2D eigenvalue weighted by atomic mass is 10.1. The number of rotatable bonds is 7. The molecule has 3 aromatic carbocycles. The van der Waals surface area contributed by atoms with Crippen LogP contribution in [0.1, 0.15) is 30.4 Å². The molecule has 7 nitrogen and oxygen atoms in total. The highest BCUT2D eigenvalue weighted by molar-refractivity contribution is 8.18. The van der Waals surface area contributed by atoms with Gasteiger partial charge in [-0.25, -0.2) is 0 Å². The first-order chi connectivity index (χ1) is 18.0. The van der Waals surface area contributed by atoms with Crippen LogP contribution in [0.25, 0.3) is 16.8 Å². The number of methoxy groups -OCH3 is 1. The lowest BCUT2D eigenvalue weighted by Crippen LogP contribution is -2.44. The fraction of sp³-hybridized carbons (Fsp3) is 0.276. The minimum absolute atomic E-state index is 0.183. The molecule has 190 valence electrons. The van der Waals surface area contributed by atoms with E-state index in [1.165, 1.54) is 0 Å². The summed E-state index contributed by atoms with van der Waals surface area (Å²) in [6.45, 7) is 1.52. The van der Waals surface area contributed by atoms with Gasteiger partial charge in [0.2, 0.25) is 5.91 Å². The van der Waals surface area contributed by atoms with Crippen LogP contribution in [-0.4, -0.2) is 53.6 Å². The maximum Gasteiger partial charge on any atom is 0.294 e. The lowest BCUT2D eigenvalue weighted by molar-refractivity contribution is -0.136. The highest BCUT2D eigenvalue weighted by Gasteiger charge is 2.37. The molecule has 2 aliphatic rings. The van der Waals surface area contributed by atoms with Crippen molar-refractivity contribution in [3.8, 4) is 11.5 Å². The third-order valence-electron chi connectivity index (χ3n) is 6.62. The van der Waals surface area contributed by atoms with E-state index in [1.54, 1.807) is 30.2 Å². The Morgan fingerprint density at radius 3 is 2.57 bits per heavy atom. The second-order valence-electron chi connectivity index (χ2n) is 9.05. The molecule has 0 atom stereocenters. The van der Waals surface area contributed by atoms with Gasteiger partial charge in [-0.3, -0.25) is 19.3 Å². The van der Waals surface area contributed by atoms with Crippen molar-refractivity contribution in [2.24, 2.45) is 0 Å². The molecule has 2 saturated heterocycles. The summed E-state index contributed by atoms with van der Waals surface area (Å²) >= 11 is 0.847. The van der Waals surface area contributed by atoms with Crippen LogP contribution in [0.3, 0.4) is 0 Å². The Labute approximate surface area is 220 Å². The van der Waals surface area contributed by atoms with Crippen LogP contribution in [0.5, 0.6) is 11.5 Å². The summed E-state index contributed by atoms with van der Waals surface area (Å²) < 4.78 is 11.6. The summed E-state index contributed by atoms with van der Waals surface area (Å²) in [5, 5.41) is 1.86. The van der Waals surface area contributed by atoms with Gasteiger partial charge in [0.1, 0.15) is 13.2 Å². The van der Waals surface area contributed by atoms with Crippen LogP contribution in [-0.2, 0) is 16.2 Å². The standard InChI is InChI=1S/C29H28N2O5S/c1-35-25-16-20(12-13-24(25)36-19-22-10-7-9-21-8-3-4-11-23(21)22)17-26-28(33)31(29(34)37-26)18-27(32)30-14-5-2-6-15-30/h3-4,7-13,16-17H,2,5-6,14-15,18-19H2,1H3/b26-17-. The lowest BCUT2D eigenvalue weighted by Gasteiger charge is -2.27. The molecule has 2 fully saturated rings. The molecule has 0 bridgehead atoms. The average Bonchev–Trinajstić information content (AvgIpc) is 3.19. The maximum atomic E-state index is 12.9. The monoisotopic (exact) mass is 516 g/mol. The van der Waals surface area contributed by atoms with Crippen LogP contribution in [0.2, 0.25) is 0 Å². The number of ether oxygens (including phenoxy) is 2. The largest absolute Gasteiger partial charge is 0.493 e. The smallest absolute Gasteiger partial charge is 0.294 e. The third kappa shape index (κ3) is 5.49. The van der Waals surface area contributed by atoms with Crippen molar-refractivity contribution < 1.29 is 23.9 Å². The fourth-order valence-corrected chi connectivity index (χ4v) is 5.47. The number of carbonyl (C=O) groups excluding carboxylic acids is 3. The first-order valence-electron chi connectivity index (χ1n) is 12.3. The predicted octanol–water partition coefficient (Wildman–Crippen LogP) is 5.48. The zero-order chi connectivity index (χ0) is 25.8. The number of hydrogen-bond acceptors (Lipinski definition) is 6. The van der Waals surface area contributed by atoms with E-state index >= 15 is 0 Å². The Morgan fingerprint density at radius 2 is 1.76 bits per heavy atom. The second-order valence-corrected chi connectivity index (χ2v) is 10.0. The number of nitrogens with zero attached hydrogens (tertiary/aromatic N) is 2. The van der Waals surface area contributed by atoms with E-state index in [0.717, 1.165) is 52.3 Å². The normalized spacial score (nSPS) is 17.1. The van der Waals surface area contributed by atoms with Crippen molar-refractivity contribution in [1.29, 1.82) is 0 Å². The summed E-state index contributed by atoms with van der Waals surface area (Å²) in [6, 6.07) is 19.6. The van der Waals surface area contributed by atoms with Crippen molar-refractivity contribution in [3.05, 3.63) is 76.7 Å². The molecule has 0 aliphatic carbocycles. The third-order valence-corrected chi connectivity index (χ3v) is 7.53. The van der Waals surface area contributed by atoms with Gasteiger partial charge in [0.25, 0.3) is 11.1 Å². The topological polar surface area (TPSA) is 76.2 Å². The molecular formula is C29H28N2O5S. The first-order valence-corrected chi connectivity index (χ1v) is 13.2. The number of benzene rings is 3. The van der Waals surface area contributed by atoms with Gasteiger partial charge in [-0.15, -0.1) is 0 Å². The summed E-state index contributed by atoms with van der Waals surface area (Å²) in [5.74, 6) is 0.467. The van der Waals surface area contributed by atoms with Gasteiger partial charge < -0.3 is 14.4 Å². The van der Waals surface area contributed by atoms with E-state index in [2.05, 4.69) is 18.2 Å². The number of carbonyl (C=O) groups is 3. The van der Waals surface area contributed by atoms with Crippen molar-refractivity contribution in [1.82, 2.24) is 9.80 Å². The molecule has 0 aromatic heterocycles. The SMILES string of the molecule is COc1cc(/C=C2\SC(=O)N(CC(=O)N3CCCCC3)C2=O)ccc1OCc1cccc2ccccc12. The maximum absolute atomic E-state index is 12.9. The van der Waals surface area contributed by atoms with E-state index in [4.69, 9.17) is 9.47 Å². The molecule has 0 unspecified atom stereocenters. The summed E-state index contributed by atoms with van der Waals surface area (Å²) in [6.07, 6.45) is 4.66. The van der Waals surface area contributed by atoms with E-state index < -0.39 is 11.1 Å². The number of hydrogen-bond donors (Lipinski definition) is 0. The predicted molar refractivity (Wildman–Crippen MR) is 144 cm³/mol. The fourth-order valence-electron chi connectivity index (χ4n) is 4.63. The molecule has 2 heterocycles. The van der Waals surface area contributed by atoms with Crippen LogP contribution in [0.15, 0.2) is 65.6 Å². The molecule has 0 radical (unpaired) electrons. The number of imide groups is 1. The number of thioether (sulfide) groups is 1. The molecule has 2 aliphatic heterocycles. The van der Waals surface area contributed by atoms with Crippen molar-refractivity contribution in [2.75, 3.05) is 26.7 Å². The molecule has 0 saturated carbocycles. The van der Waals surface area contributed by atoms with Crippen molar-refractivity contribution in [3.63, 3.8) is 0 Å². The molecule has 3 amide bonds. The highest BCUT2D eigenvalue weighted by Crippen LogP contribution is 2.35. The molecule has 37 heavy (non-hydrogen) atoms. The number of piperidine rings is 1. The second kappa shape index (κ2) is 11.1. The average molecular weight is 517 g/mol.